The molecule has 16 heavy (non-hydrogen) atoms. The third-order valence-electron chi connectivity index (χ3n) is 2.14. The molecule has 2 rings (SSSR count). The van der Waals surface area contributed by atoms with Crippen LogP contribution < -0.4 is 4.74 Å². The van der Waals surface area contributed by atoms with Gasteiger partial charge in [0, 0.05) is 4.90 Å². The minimum atomic E-state index is -0.235. The number of halogens is 1. The molecule has 0 aliphatic heterocycles. The predicted octanol–water partition coefficient (Wildman–Crippen LogP) is 3.69. The molecule has 2 aromatic carbocycles. The zero-order chi connectivity index (χ0) is 11.4. The zero-order valence-electron chi connectivity index (χ0n) is 8.56. The highest BCUT2D eigenvalue weighted by molar-refractivity contribution is 7.80. The van der Waals surface area contributed by atoms with Crippen molar-refractivity contribution in [2.24, 2.45) is 0 Å². The van der Waals surface area contributed by atoms with Crippen molar-refractivity contribution in [3.05, 3.63) is 59.9 Å². The second kappa shape index (κ2) is 5.03. The Labute approximate surface area is 99.3 Å². The molecule has 0 saturated heterocycles. The third kappa shape index (κ3) is 3.00. The van der Waals surface area contributed by atoms with Crippen molar-refractivity contribution < 1.29 is 9.13 Å². The van der Waals surface area contributed by atoms with E-state index in [4.69, 9.17) is 4.74 Å². The number of rotatable bonds is 3. The van der Waals surface area contributed by atoms with Crippen LogP contribution in [0.4, 0.5) is 4.39 Å². The molecule has 0 heterocycles. The van der Waals surface area contributed by atoms with E-state index in [1.807, 2.05) is 24.3 Å². The van der Waals surface area contributed by atoms with Crippen LogP contribution in [-0.4, -0.2) is 0 Å². The molecule has 0 unspecified atom stereocenters. The average Bonchev–Trinajstić information content (AvgIpc) is 2.28. The Kier molecular flexibility index (Phi) is 3.47. The van der Waals surface area contributed by atoms with E-state index in [-0.39, 0.29) is 5.82 Å². The van der Waals surface area contributed by atoms with Crippen LogP contribution in [0, 0.1) is 5.82 Å². The third-order valence-corrected chi connectivity index (χ3v) is 2.41. The first-order chi connectivity index (χ1) is 7.74. The van der Waals surface area contributed by atoms with Crippen LogP contribution in [0.5, 0.6) is 5.75 Å². The summed E-state index contributed by atoms with van der Waals surface area (Å²) in [7, 11) is 0. The summed E-state index contributed by atoms with van der Waals surface area (Å²) >= 11 is 4.22. The van der Waals surface area contributed by atoms with Crippen LogP contribution in [0.25, 0.3) is 0 Å². The fourth-order valence-corrected chi connectivity index (χ4v) is 1.53. The highest BCUT2D eigenvalue weighted by atomic mass is 32.1. The second-order valence-corrected chi connectivity index (χ2v) is 3.93. The quantitative estimate of drug-likeness (QED) is 0.797. The van der Waals surface area contributed by atoms with Gasteiger partial charge in [-0.05, 0) is 35.9 Å². The maximum atomic E-state index is 12.7. The van der Waals surface area contributed by atoms with Crippen LogP contribution in [0.1, 0.15) is 5.56 Å². The van der Waals surface area contributed by atoms with Crippen LogP contribution >= 0.6 is 12.6 Å². The van der Waals surface area contributed by atoms with Gasteiger partial charge in [-0.15, -0.1) is 12.6 Å². The Morgan fingerprint density at radius 1 is 1.06 bits per heavy atom. The fourth-order valence-electron chi connectivity index (χ4n) is 1.32. The van der Waals surface area contributed by atoms with Crippen molar-refractivity contribution >= 4 is 12.6 Å². The Balaban J connectivity index is 1.99. The smallest absolute Gasteiger partial charge is 0.123 e. The lowest BCUT2D eigenvalue weighted by molar-refractivity contribution is 0.305. The van der Waals surface area contributed by atoms with Crippen molar-refractivity contribution in [3.8, 4) is 5.75 Å². The average molecular weight is 234 g/mol. The van der Waals surface area contributed by atoms with Crippen molar-refractivity contribution in [1.82, 2.24) is 0 Å². The van der Waals surface area contributed by atoms with Crippen molar-refractivity contribution in [3.63, 3.8) is 0 Å². The predicted molar refractivity (Wildman–Crippen MR) is 64.4 cm³/mol. The molecule has 0 aromatic heterocycles. The van der Waals surface area contributed by atoms with Crippen molar-refractivity contribution in [2.75, 3.05) is 0 Å². The van der Waals surface area contributed by atoms with E-state index in [2.05, 4.69) is 12.6 Å². The van der Waals surface area contributed by atoms with Gasteiger partial charge in [-0.1, -0.05) is 18.2 Å². The molecule has 0 bridgehead atoms. The summed E-state index contributed by atoms with van der Waals surface area (Å²) in [6.07, 6.45) is 0. The Bertz CT molecular complexity index is 468. The maximum Gasteiger partial charge on any atom is 0.123 e. The summed E-state index contributed by atoms with van der Waals surface area (Å²) in [4.78, 5) is 0.858. The largest absolute Gasteiger partial charge is 0.489 e. The minimum Gasteiger partial charge on any atom is -0.489 e. The summed E-state index contributed by atoms with van der Waals surface area (Å²) in [5, 5.41) is 0. The van der Waals surface area contributed by atoms with Gasteiger partial charge in [-0.25, -0.2) is 4.39 Å². The van der Waals surface area contributed by atoms with E-state index < -0.39 is 0 Å². The van der Waals surface area contributed by atoms with Crippen LogP contribution in [0.2, 0.25) is 0 Å². The SMILES string of the molecule is Fc1ccc(COc2cccc(S)c2)cc1. The molecule has 0 radical (unpaired) electrons. The maximum absolute atomic E-state index is 12.7. The van der Waals surface area contributed by atoms with Gasteiger partial charge in [-0.2, -0.15) is 0 Å². The Hall–Kier alpha value is -1.48. The molecule has 82 valence electrons. The first-order valence-corrected chi connectivity index (χ1v) is 5.35. The standard InChI is InChI=1S/C13H11FOS/c14-11-6-4-10(5-7-11)9-15-12-2-1-3-13(16)8-12/h1-8,16H,9H2. The topological polar surface area (TPSA) is 9.23 Å². The van der Waals surface area contributed by atoms with Gasteiger partial charge < -0.3 is 4.74 Å². The zero-order valence-corrected chi connectivity index (χ0v) is 9.45. The number of thiol groups is 1. The molecule has 0 aliphatic rings. The summed E-state index contributed by atoms with van der Waals surface area (Å²) in [5.41, 5.74) is 0.936. The Morgan fingerprint density at radius 2 is 1.81 bits per heavy atom. The molecule has 0 spiro atoms. The molecular formula is C13H11FOS. The van der Waals surface area contributed by atoms with Gasteiger partial charge in [0.2, 0.25) is 0 Å². The lowest BCUT2D eigenvalue weighted by Crippen LogP contribution is -1.95. The van der Waals surface area contributed by atoms with E-state index in [9.17, 15) is 4.39 Å². The van der Waals surface area contributed by atoms with E-state index in [1.165, 1.54) is 12.1 Å². The molecule has 0 saturated carbocycles. The summed E-state index contributed by atoms with van der Waals surface area (Å²) in [6, 6.07) is 13.7. The number of hydrogen-bond acceptors (Lipinski definition) is 2. The van der Waals surface area contributed by atoms with Gasteiger partial charge in [0.25, 0.3) is 0 Å². The van der Waals surface area contributed by atoms with E-state index >= 15 is 0 Å². The molecule has 3 heteroatoms. The molecular weight excluding hydrogens is 223 g/mol. The lowest BCUT2D eigenvalue weighted by atomic mass is 10.2. The molecule has 1 nitrogen and oxygen atoms in total. The van der Waals surface area contributed by atoms with Gasteiger partial charge >= 0.3 is 0 Å². The molecule has 0 N–H and O–H groups in total. The second-order valence-electron chi connectivity index (χ2n) is 3.41. The van der Waals surface area contributed by atoms with E-state index in [1.54, 1.807) is 12.1 Å². The van der Waals surface area contributed by atoms with Crippen molar-refractivity contribution in [2.45, 2.75) is 11.5 Å². The minimum absolute atomic E-state index is 0.235. The monoisotopic (exact) mass is 234 g/mol. The number of benzene rings is 2. The molecule has 0 amide bonds. The fraction of sp³-hybridized carbons (Fsp3) is 0.0769. The summed E-state index contributed by atoms with van der Waals surface area (Å²) < 4.78 is 18.2. The normalized spacial score (nSPS) is 10.1. The lowest BCUT2D eigenvalue weighted by Gasteiger charge is -2.06. The highest BCUT2D eigenvalue weighted by Gasteiger charge is 1.97. The van der Waals surface area contributed by atoms with Gasteiger partial charge in [0.15, 0.2) is 0 Å². The Morgan fingerprint density at radius 3 is 2.50 bits per heavy atom. The van der Waals surface area contributed by atoms with E-state index in [0.29, 0.717) is 6.61 Å². The first kappa shape index (κ1) is 11.0. The number of hydrogen-bond donors (Lipinski definition) is 1. The first-order valence-electron chi connectivity index (χ1n) is 4.90. The molecule has 0 fully saturated rings. The highest BCUT2D eigenvalue weighted by Crippen LogP contribution is 2.17. The number of ether oxygens (including phenoxy) is 1. The van der Waals surface area contributed by atoms with Crippen LogP contribution in [0.3, 0.4) is 0 Å². The molecule has 0 atom stereocenters. The molecule has 0 aliphatic carbocycles. The van der Waals surface area contributed by atoms with Crippen molar-refractivity contribution in [1.29, 1.82) is 0 Å². The van der Waals surface area contributed by atoms with Gasteiger partial charge in [0.1, 0.15) is 18.2 Å². The summed E-state index contributed by atoms with van der Waals surface area (Å²) in [5.74, 6) is 0.526. The summed E-state index contributed by atoms with van der Waals surface area (Å²) in [6.45, 7) is 0.428. The molecule has 2 aromatic rings. The van der Waals surface area contributed by atoms with Gasteiger partial charge in [0.05, 0.1) is 0 Å². The van der Waals surface area contributed by atoms with Crippen LogP contribution in [-0.2, 0) is 6.61 Å². The van der Waals surface area contributed by atoms with Crippen LogP contribution in [0.15, 0.2) is 53.4 Å². The van der Waals surface area contributed by atoms with E-state index in [0.717, 1.165) is 16.2 Å². The van der Waals surface area contributed by atoms with Gasteiger partial charge in [-0.3, -0.25) is 0 Å².